The van der Waals surface area contributed by atoms with Crippen molar-refractivity contribution in [3.63, 3.8) is 0 Å². The molecule has 3 nitrogen and oxygen atoms in total. The molecule has 6 rings (SSSR count). The van der Waals surface area contributed by atoms with Gasteiger partial charge in [-0.25, -0.2) is 0 Å². The van der Waals surface area contributed by atoms with Crippen molar-refractivity contribution in [3.05, 3.63) is 113 Å². The first-order valence-corrected chi connectivity index (χ1v) is 11.0. The lowest BCUT2D eigenvalue weighted by molar-refractivity contribution is 0.479. The largest absolute Gasteiger partial charge is 0.504 e. The van der Waals surface area contributed by atoms with Crippen molar-refractivity contribution in [2.45, 2.75) is 0 Å². The van der Waals surface area contributed by atoms with Gasteiger partial charge in [-0.15, -0.1) is 0 Å². The fraction of sp³-hybridized carbons (Fsp3) is 0. The standard InChI is InChI=1S/C29H17ClN2O/c30-25-18-20(29(33)28-24(25)8-5-17-31-28)14-11-19-12-15-21(16-13-19)32-26-9-3-1-6-22(26)23-7-2-4-10-27(23)32/h1-10,12-13,15-18,33H. The first-order chi connectivity index (χ1) is 16.2. The predicted octanol–water partition coefficient (Wildman–Crippen LogP) is 7.09. The molecule has 6 aromatic rings. The molecule has 0 amide bonds. The highest BCUT2D eigenvalue weighted by Crippen LogP contribution is 2.33. The average molecular weight is 445 g/mol. The lowest BCUT2D eigenvalue weighted by atomic mass is 10.1. The number of hydrogen-bond donors (Lipinski definition) is 1. The second-order valence-electron chi connectivity index (χ2n) is 7.82. The number of hydrogen-bond acceptors (Lipinski definition) is 2. The molecule has 33 heavy (non-hydrogen) atoms. The van der Waals surface area contributed by atoms with Crippen molar-refractivity contribution in [3.8, 4) is 23.3 Å². The van der Waals surface area contributed by atoms with E-state index >= 15 is 0 Å². The van der Waals surface area contributed by atoms with Gasteiger partial charge in [-0.2, -0.15) is 0 Å². The second kappa shape index (κ2) is 7.70. The van der Waals surface area contributed by atoms with E-state index < -0.39 is 0 Å². The molecule has 0 aliphatic rings. The van der Waals surface area contributed by atoms with E-state index in [-0.39, 0.29) is 5.75 Å². The van der Waals surface area contributed by atoms with Gasteiger partial charge >= 0.3 is 0 Å². The van der Waals surface area contributed by atoms with Crippen LogP contribution in [0.25, 0.3) is 38.4 Å². The first kappa shape index (κ1) is 19.4. The number of nitrogens with zero attached hydrogens (tertiary/aromatic N) is 2. The number of aromatic hydroxyl groups is 1. The molecule has 0 unspecified atom stereocenters. The topological polar surface area (TPSA) is 38.0 Å². The van der Waals surface area contributed by atoms with Crippen LogP contribution in [0.3, 0.4) is 0 Å². The van der Waals surface area contributed by atoms with Gasteiger partial charge in [-0.05, 0) is 54.6 Å². The van der Waals surface area contributed by atoms with E-state index in [9.17, 15) is 5.11 Å². The summed E-state index contributed by atoms with van der Waals surface area (Å²) in [6.07, 6.45) is 1.63. The molecular weight excluding hydrogens is 428 g/mol. The molecule has 2 aromatic heterocycles. The van der Waals surface area contributed by atoms with Crippen LogP contribution in [0.5, 0.6) is 5.75 Å². The molecule has 156 valence electrons. The van der Waals surface area contributed by atoms with Crippen LogP contribution in [0.2, 0.25) is 5.02 Å². The number of aromatic nitrogens is 2. The van der Waals surface area contributed by atoms with E-state index in [4.69, 9.17) is 11.6 Å². The lowest BCUT2D eigenvalue weighted by Crippen LogP contribution is -1.93. The number of rotatable bonds is 1. The van der Waals surface area contributed by atoms with E-state index in [0.717, 1.165) is 11.3 Å². The number of halogens is 1. The molecule has 0 aliphatic heterocycles. The monoisotopic (exact) mass is 444 g/mol. The Kier molecular flexibility index (Phi) is 4.54. The Balaban J connectivity index is 1.42. The minimum Gasteiger partial charge on any atom is -0.504 e. The molecule has 0 saturated carbocycles. The fourth-order valence-electron chi connectivity index (χ4n) is 4.32. The quantitative estimate of drug-likeness (QED) is 0.275. The Labute approximate surface area is 195 Å². The van der Waals surface area contributed by atoms with E-state index in [1.807, 2.05) is 18.2 Å². The summed E-state index contributed by atoms with van der Waals surface area (Å²) in [6, 6.07) is 30.3. The number of fused-ring (bicyclic) bond motifs is 4. The van der Waals surface area contributed by atoms with Crippen molar-refractivity contribution in [1.29, 1.82) is 0 Å². The number of benzene rings is 4. The van der Waals surface area contributed by atoms with Crippen LogP contribution in [0.4, 0.5) is 0 Å². The van der Waals surface area contributed by atoms with Gasteiger partial charge in [0.1, 0.15) is 5.52 Å². The normalized spacial score (nSPS) is 11.1. The van der Waals surface area contributed by atoms with Gasteiger partial charge in [-0.1, -0.05) is 59.8 Å². The van der Waals surface area contributed by atoms with E-state index in [2.05, 4.69) is 82.1 Å². The van der Waals surface area contributed by atoms with Crippen molar-refractivity contribution in [2.75, 3.05) is 0 Å². The van der Waals surface area contributed by atoms with Crippen molar-refractivity contribution >= 4 is 44.3 Å². The van der Waals surface area contributed by atoms with E-state index in [1.165, 1.54) is 21.8 Å². The fourth-order valence-corrected chi connectivity index (χ4v) is 4.58. The molecule has 0 atom stereocenters. The van der Waals surface area contributed by atoms with Gasteiger partial charge in [0.25, 0.3) is 0 Å². The number of para-hydroxylation sites is 2. The summed E-state index contributed by atoms with van der Waals surface area (Å²) in [7, 11) is 0. The van der Waals surface area contributed by atoms with Gasteiger partial charge in [0.2, 0.25) is 0 Å². The molecule has 4 aromatic carbocycles. The van der Waals surface area contributed by atoms with Gasteiger partial charge in [0.05, 0.1) is 21.6 Å². The molecule has 2 heterocycles. The first-order valence-electron chi connectivity index (χ1n) is 10.6. The van der Waals surface area contributed by atoms with Crippen molar-refractivity contribution < 1.29 is 5.11 Å². The Morgan fingerprint density at radius 3 is 2.06 bits per heavy atom. The predicted molar refractivity (Wildman–Crippen MR) is 135 cm³/mol. The Morgan fingerprint density at radius 2 is 1.36 bits per heavy atom. The van der Waals surface area contributed by atoms with Crippen molar-refractivity contribution in [1.82, 2.24) is 9.55 Å². The minimum absolute atomic E-state index is 0.0457. The third kappa shape index (κ3) is 3.20. The van der Waals surface area contributed by atoms with Crippen LogP contribution >= 0.6 is 11.6 Å². The third-order valence-corrected chi connectivity index (χ3v) is 6.18. The van der Waals surface area contributed by atoms with Gasteiger partial charge < -0.3 is 9.67 Å². The highest BCUT2D eigenvalue weighted by molar-refractivity contribution is 6.35. The number of pyridine rings is 1. The molecule has 0 radical (unpaired) electrons. The summed E-state index contributed by atoms with van der Waals surface area (Å²) in [5.74, 6) is 6.23. The zero-order valence-corrected chi connectivity index (χ0v) is 18.2. The maximum Gasteiger partial charge on any atom is 0.157 e. The van der Waals surface area contributed by atoms with E-state index in [0.29, 0.717) is 21.5 Å². The Hall–Kier alpha value is -4.26. The van der Waals surface area contributed by atoms with Crippen LogP contribution in [0.1, 0.15) is 11.1 Å². The molecular formula is C29H17ClN2O. The second-order valence-corrected chi connectivity index (χ2v) is 8.23. The highest BCUT2D eigenvalue weighted by Gasteiger charge is 2.11. The molecule has 0 saturated heterocycles. The van der Waals surface area contributed by atoms with Crippen molar-refractivity contribution in [2.24, 2.45) is 0 Å². The summed E-state index contributed by atoms with van der Waals surface area (Å²) in [5.41, 5.74) is 5.16. The average Bonchev–Trinajstić information content (AvgIpc) is 3.20. The summed E-state index contributed by atoms with van der Waals surface area (Å²) >= 11 is 6.37. The molecule has 1 N–H and O–H groups in total. The molecule has 0 bridgehead atoms. The Bertz CT molecular complexity index is 1680. The maximum absolute atomic E-state index is 10.6. The van der Waals surface area contributed by atoms with Gasteiger partial charge in [0, 0.05) is 33.6 Å². The third-order valence-electron chi connectivity index (χ3n) is 5.86. The molecule has 0 spiro atoms. The maximum atomic E-state index is 10.6. The zero-order valence-electron chi connectivity index (χ0n) is 17.5. The molecule has 0 fully saturated rings. The lowest BCUT2D eigenvalue weighted by Gasteiger charge is -2.08. The minimum atomic E-state index is 0.0457. The summed E-state index contributed by atoms with van der Waals surface area (Å²) in [5, 5.41) is 14.3. The van der Waals surface area contributed by atoms with Crippen LogP contribution in [-0.2, 0) is 0 Å². The number of phenols is 1. The van der Waals surface area contributed by atoms with E-state index in [1.54, 1.807) is 18.3 Å². The Morgan fingerprint density at radius 1 is 0.727 bits per heavy atom. The highest BCUT2D eigenvalue weighted by atomic mass is 35.5. The summed E-state index contributed by atoms with van der Waals surface area (Å²) in [6.45, 7) is 0. The van der Waals surface area contributed by atoms with Gasteiger partial charge in [-0.3, -0.25) is 4.98 Å². The van der Waals surface area contributed by atoms with Crippen LogP contribution in [-0.4, -0.2) is 14.7 Å². The molecule has 4 heteroatoms. The summed E-state index contributed by atoms with van der Waals surface area (Å²) in [4.78, 5) is 4.24. The molecule has 0 aliphatic carbocycles. The van der Waals surface area contributed by atoms with Crippen LogP contribution in [0.15, 0.2) is 97.2 Å². The van der Waals surface area contributed by atoms with Crippen LogP contribution < -0.4 is 0 Å². The van der Waals surface area contributed by atoms with Gasteiger partial charge in [0.15, 0.2) is 5.75 Å². The summed E-state index contributed by atoms with van der Waals surface area (Å²) < 4.78 is 2.27. The zero-order chi connectivity index (χ0) is 22.4. The number of phenolic OH excluding ortho intramolecular Hbond substituents is 1. The smallest absolute Gasteiger partial charge is 0.157 e. The van der Waals surface area contributed by atoms with Crippen LogP contribution in [0, 0.1) is 11.8 Å². The SMILES string of the molecule is Oc1c(C#Cc2ccc(-n3c4ccccc4c4ccccc43)cc2)cc(Cl)c2cccnc12.